The number of aliphatic hydroxyl groups is 12. The first-order chi connectivity index (χ1) is 31.3. The van der Waals surface area contributed by atoms with Crippen molar-refractivity contribution < 1.29 is 94.5 Å². The van der Waals surface area contributed by atoms with Gasteiger partial charge >= 0.3 is 5.97 Å². The van der Waals surface area contributed by atoms with Crippen molar-refractivity contribution in [1.82, 2.24) is 0 Å². The first-order valence-corrected chi connectivity index (χ1v) is 24.4. The summed E-state index contributed by atoms with van der Waals surface area (Å²) in [5.41, 5.74) is -2.40. The fraction of sp³-hybridized carbons (Fsp3) is 0.938. The van der Waals surface area contributed by atoms with E-state index in [2.05, 4.69) is 40.7 Å². The fourth-order valence-corrected chi connectivity index (χ4v) is 15.1. The molecule has 3 saturated heterocycles. The van der Waals surface area contributed by atoms with Gasteiger partial charge in [-0.15, -0.1) is 0 Å². The Hall–Kier alpha value is -1.47. The molecule has 0 aromatic carbocycles. The molecule has 384 valence electrons. The summed E-state index contributed by atoms with van der Waals surface area (Å²) >= 11 is 0. The quantitative estimate of drug-likeness (QED) is 0.0758. The molecule has 1 unspecified atom stereocenters. The van der Waals surface area contributed by atoms with Gasteiger partial charge in [-0.25, -0.2) is 0 Å². The fourth-order valence-electron chi connectivity index (χ4n) is 15.1. The molecule has 0 aromatic rings. The number of rotatable bonds is 9. The molecule has 0 amide bonds. The summed E-state index contributed by atoms with van der Waals surface area (Å²) in [7, 11) is 0. The molecule has 7 fully saturated rings. The molecule has 19 nitrogen and oxygen atoms in total. The minimum Gasteiger partial charge on any atom is -0.432 e. The van der Waals surface area contributed by atoms with Crippen LogP contribution in [0.4, 0.5) is 0 Å². The largest absolute Gasteiger partial charge is 0.432 e. The molecule has 67 heavy (non-hydrogen) atoms. The molecule has 19 heteroatoms. The van der Waals surface area contributed by atoms with Gasteiger partial charge < -0.3 is 89.7 Å². The van der Waals surface area contributed by atoms with E-state index in [4.69, 9.17) is 28.4 Å². The van der Waals surface area contributed by atoms with Crippen LogP contribution in [0.1, 0.15) is 106 Å². The van der Waals surface area contributed by atoms with Crippen LogP contribution in [0, 0.1) is 50.2 Å². The smallest absolute Gasteiger partial charge is 0.315 e. The highest BCUT2D eigenvalue weighted by molar-refractivity contribution is 5.79. The van der Waals surface area contributed by atoms with E-state index in [1.165, 1.54) is 6.92 Å². The average molecular weight is 959 g/mol. The van der Waals surface area contributed by atoms with Crippen molar-refractivity contribution in [1.29, 1.82) is 0 Å². The first kappa shape index (κ1) is 51.9. The lowest BCUT2D eigenvalue weighted by molar-refractivity contribution is -0.361. The maximum absolute atomic E-state index is 15.2. The SMILES string of the molecule is C[C@@H]1O[C@@H](O[C@H]2[C@H](OC(=O)[C@]34CCC(C)(C)C[C@H]3C3=CC[C@@H]5[C@@]6(C)C[C@@H](O)[C@H](O[C@@H]7O[C@H](CO)[C@@H](O)[C@H](O)[C@H]7O)[C@@](C)(CO)[C@@H]6CC[C@@]5(C)C3(C)CC4)O[C@H](CO)[C@@H](O)[C@@H]2O)[C@H](O)[C@H](O)[C@H]1O. The Morgan fingerprint density at radius 1 is 0.657 bits per heavy atom. The van der Waals surface area contributed by atoms with Crippen LogP contribution in [0.5, 0.6) is 0 Å². The molecule has 8 aliphatic rings. The molecule has 0 aromatic heterocycles. The van der Waals surface area contributed by atoms with Gasteiger partial charge in [0.25, 0.3) is 0 Å². The highest BCUT2D eigenvalue weighted by Gasteiger charge is 2.71. The summed E-state index contributed by atoms with van der Waals surface area (Å²) in [5.74, 6) is -1.04. The topological polar surface area (TPSA) is 315 Å². The van der Waals surface area contributed by atoms with Crippen LogP contribution in [0.3, 0.4) is 0 Å². The Labute approximate surface area is 392 Å². The molecule has 4 saturated carbocycles. The summed E-state index contributed by atoms with van der Waals surface area (Å²) in [6.45, 7) is 12.8. The molecule has 3 heterocycles. The summed E-state index contributed by atoms with van der Waals surface area (Å²) in [6, 6.07) is 0. The van der Waals surface area contributed by atoms with Gasteiger partial charge in [-0.2, -0.15) is 0 Å². The third-order valence-electron chi connectivity index (χ3n) is 19.4. The van der Waals surface area contributed by atoms with Gasteiger partial charge in [0.05, 0.1) is 43.5 Å². The van der Waals surface area contributed by atoms with Crippen LogP contribution in [-0.2, 0) is 33.2 Å². The van der Waals surface area contributed by atoms with Crippen molar-refractivity contribution in [3.8, 4) is 0 Å². The Morgan fingerprint density at radius 3 is 1.87 bits per heavy atom. The van der Waals surface area contributed by atoms with E-state index in [1.54, 1.807) is 0 Å². The van der Waals surface area contributed by atoms with Crippen molar-refractivity contribution in [3.63, 3.8) is 0 Å². The second-order valence-electron chi connectivity index (χ2n) is 23.5. The number of esters is 1. The standard InChI is InChI=1S/C48H78O19/c1-21-29(53)32(56)35(59)39(62-21)65-37-34(58)31(55)26(19-50)64-41(37)67-42(61)48-14-12-43(2,3)16-23(48)22-8-9-28-44(4)17-24(52)38(66-40-36(60)33(57)30(54)25(18-49)63-40)45(5,20-51)27(44)10-11-47(28,7)46(22,6)13-15-48/h8,21,23-41,49-60H,9-20H2,1-7H3/t21-,23-,24+,25+,26+,27+,28+,29-,30+,31+,32+,33-,34-,35+,36+,37+,38-,39-,40-,41-,44-,45-,46?,47+,48-/m0/s1. The molecule has 25 atom stereocenters. The Balaban J connectivity index is 1.08. The van der Waals surface area contributed by atoms with Crippen LogP contribution >= 0.6 is 0 Å². The van der Waals surface area contributed by atoms with Crippen molar-refractivity contribution in [2.45, 2.75) is 211 Å². The van der Waals surface area contributed by atoms with Gasteiger partial charge in [0, 0.05) is 5.41 Å². The first-order valence-electron chi connectivity index (χ1n) is 24.4. The zero-order valence-corrected chi connectivity index (χ0v) is 39.8. The maximum Gasteiger partial charge on any atom is 0.315 e. The number of carbonyl (C=O) groups excluding carboxylic acids is 1. The molecule has 12 N–H and O–H groups in total. The highest BCUT2D eigenvalue weighted by Crippen LogP contribution is 2.76. The maximum atomic E-state index is 15.2. The normalized spacial score (nSPS) is 55.2. The molecular weight excluding hydrogens is 881 g/mol. The van der Waals surface area contributed by atoms with Crippen LogP contribution in [0.2, 0.25) is 0 Å². The molecular formula is C48H78O19. The summed E-state index contributed by atoms with van der Waals surface area (Å²) < 4.78 is 35.9. The van der Waals surface area contributed by atoms with Crippen molar-refractivity contribution in [2.24, 2.45) is 50.2 Å². The lowest BCUT2D eigenvalue weighted by Crippen LogP contribution is -2.69. The van der Waals surface area contributed by atoms with Gasteiger partial charge in [0.2, 0.25) is 6.29 Å². The van der Waals surface area contributed by atoms with E-state index in [1.807, 2.05) is 6.92 Å². The molecule has 5 aliphatic carbocycles. The predicted molar refractivity (Wildman–Crippen MR) is 232 cm³/mol. The van der Waals surface area contributed by atoms with Gasteiger partial charge in [0.15, 0.2) is 18.7 Å². The second kappa shape index (κ2) is 18.2. The van der Waals surface area contributed by atoms with E-state index in [-0.39, 0.29) is 35.2 Å². The zero-order valence-electron chi connectivity index (χ0n) is 39.8. The third kappa shape index (κ3) is 8.01. The summed E-state index contributed by atoms with van der Waals surface area (Å²) in [6.07, 6.45) is -18.0. The number of ether oxygens (including phenoxy) is 6. The van der Waals surface area contributed by atoms with E-state index < -0.39 is 145 Å². The number of hydrogen-bond donors (Lipinski definition) is 12. The monoisotopic (exact) mass is 959 g/mol. The van der Waals surface area contributed by atoms with Crippen molar-refractivity contribution in [2.75, 3.05) is 19.8 Å². The number of hydrogen-bond acceptors (Lipinski definition) is 19. The number of carbonyl (C=O) groups is 1. The average Bonchev–Trinajstić information content (AvgIpc) is 3.28. The number of fused-ring (bicyclic) bond motifs is 7. The van der Waals surface area contributed by atoms with Gasteiger partial charge in [-0.3, -0.25) is 4.79 Å². The van der Waals surface area contributed by atoms with Crippen LogP contribution in [0.25, 0.3) is 0 Å². The van der Waals surface area contributed by atoms with Crippen LogP contribution in [-0.4, -0.2) is 191 Å². The summed E-state index contributed by atoms with van der Waals surface area (Å²) in [4.78, 5) is 15.2. The van der Waals surface area contributed by atoms with Gasteiger partial charge in [-0.05, 0) is 104 Å². The van der Waals surface area contributed by atoms with Gasteiger partial charge in [-0.1, -0.05) is 53.2 Å². The van der Waals surface area contributed by atoms with Gasteiger partial charge in [0.1, 0.15) is 61.0 Å². The summed E-state index contributed by atoms with van der Waals surface area (Å²) in [5, 5.41) is 129. The Morgan fingerprint density at radius 2 is 1.24 bits per heavy atom. The highest BCUT2D eigenvalue weighted by atomic mass is 16.8. The Kier molecular flexibility index (Phi) is 14.1. The molecule has 8 rings (SSSR count). The lowest BCUT2D eigenvalue weighted by atomic mass is 9.33. The molecule has 0 spiro atoms. The van der Waals surface area contributed by atoms with E-state index in [9.17, 15) is 61.3 Å². The number of allylic oxidation sites excluding steroid dienone is 2. The molecule has 3 aliphatic heterocycles. The third-order valence-corrected chi connectivity index (χ3v) is 19.4. The second-order valence-corrected chi connectivity index (χ2v) is 23.5. The number of aliphatic hydroxyl groups excluding tert-OH is 12. The van der Waals surface area contributed by atoms with Crippen LogP contribution < -0.4 is 0 Å². The van der Waals surface area contributed by atoms with E-state index >= 15 is 4.79 Å². The molecule has 0 bridgehead atoms. The predicted octanol–water partition coefficient (Wildman–Crippen LogP) is -0.889. The lowest BCUT2D eigenvalue weighted by Gasteiger charge is -2.72. The van der Waals surface area contributed by atoms with Crippen molar-refractivity contribution in [3.05, 3.63) is 11.6 Å². The minimum absolute atomic E-state index is 0.00821. The van der Waals surface area contributed by atoms with Crippen LogP contribution in [0.15, 0.2) is 11.6 Å². The minimum atomic E-state index is -1.79. The molecule has 0 radical (unpaired) electrons. The Bertz CT molecular complexity index is 1830. The zero-order chi connectivity index (χ0) is 49.1. The van der Waals surface area contributed by atoms with E-state index in [0.717, 1.165) is 12.0 Å². The van der Waals surface area contributed by atoms with Crippen molar-refractivity contribution >= 4 is 5.97 Å². The van der Waals surface area contributed by atoms with E-state index in [0.29, 0.717) is 51.4 Å².